The van der Waals surface area contributed by atoms with Crippen molar-refractivity contribution in [1.82, 2.24) is 5.43 Å². The van der Waals surface area contributed by atoms with Crippen LogP contribution in [0.3, 0.4) is 0 Å². The second-order valence-corrected chi connectivity index (χ2v) is 7.96. The Morgan fingerprint density at radius 1 is 0.971 bits per heavy atom. The lowest BCUT2D eigenvalue weighted by atomic mass is 9.93. The van der Waals surface area contributed by atoms with E-state index in [1.54, 1.807) is 55.5 Å². The first kappa shape index (κ1) is 23.7. The second-order valence-electron chi connectivity index (χ2n) is 7.96. The van der Waals surface area contributed by atoms with Crippen LogP contribution < -0.4 is 15.5 Å². The molecule has 9 nitrogen and oxygen atoms in total. The maximum atomic E-state index is 12.9. The van der Waals surface area contributed by atoms with Crippen LogP contribution in [0, 0.1) is 6.92 Å². The van der Waals surface area contributed by atoms with Crippen molar-refractivity contribution in [2.24, 2.45) is 5.10 Å². The monoisotopic (exact) mass is 475 g/mol. The van der Waals surface area contributed by atoms with Crippen molar-refractivity contribution in [2.75, 3.05) is 19.5 Å². The predicted molar refractivity (Wildman–Crippen MR) is 129 cm³/mol. The maximum absolute atomic E-state index is 12.9. The molecule has 35 heavy (non-hydrogen) atoms. The molecule has 3 aromatic rings. The van der Waals surface area contributed by atoms with E-state index in [1.807, 2.05) is 0 Å². The third kappa shape index (κ3) is 5.08. The van der Waals surface area contributed by atoms with Crippen LogP contribution in [-0.2, 0) is 11.2 Å². The Morgan fingerprint density at radius 2 is 1.74 bits per heavy atom. The molecule has 0 atom stereocenters. The van der Waals surface area contributed by atoms with E-state index in [9.17, 15) is 14.4 Å². The maximum Gasteiger partial charge on any atom is 0.337 e. The van der Waals surface area contributed by atoms with Gasteiger partial charge in [-0.05, 0) is 62.2 Å². The van der Waals surface area contributed by atoms with E-state index < -0.39 is 11.9 Å². The third-order valence-electron chi connectivity index (χ3n) is 5.72. The van der Waals surface area contributed by atoms with Gasteiger partial charge in [0.2, 0.25) is 0 Å². The van der Waals surface area contributed by atoms with Gasteiger partial charge in [-0.3, -0.25) is 9.59 Å². The molecular weight excluding hydrogens is 450 g/mol. The molecule has 1 heterocycles. The minimum Gasteiger partial charge on any atom is -0.497 e. The number of benzene rings is 2. The van der Waals surface area contributed by atoms with Crippen molar-refractivity contribution in [3.8, 4) is 5.75 Å². The number of fused-ring (bicyclic) bond motifs is 1. The summed E-state index contributed by atoms with van der Waals surface area (Å²) >= 11 is 0. The highest BCUT2D eigenvalue weighted by Gasteiger charge is 2.28. The number of nitrogens with zero attached hydrogens (tertiary/aromatic N) is 1. The fourth-order valence-electron chi connectivity index (χ4n) is 3.94. The lowest BCUT2D eigenvalue weighted by Crippen LogP contribution is -2.22. The number of amides is 2. The Balaban J connectivity index is 1.52. The quantitative estimate of drug-likeness (QED) is 0.409. The molecule has 0 aliphatic heterocycles. The largest absolute Gasteiger partial charge is 0.497 e. The molecule has 0 spiro atoms. The molecule has 1 aliphatic rings. The summed E-state index contributed by atoms with van der Waals surface area (Å²) in [5, 5.41) is 7.13. The molecule has 0 fully saturated rings. The zero-order valence-corrected chi connectivity index (χ0v) is 19.6. The molecule has 0 saturated heterocycles. The molecule has 0 radical (unpaired) electrons. The summed E-state index contributed by atoms with van der Waals surface area (Å²) in [6.07, 6.45) is 2.09. The standard InChI is InChI=1S/C26H25N3O6/c1-15-22-20(28-29-24(30)17-6-4-7-19(14-17)33-2)8-5-9-21(22)35-23(15)25(31)27-18-12-10-16(11-13-18)26(32)34-3/h4,6-7,10-14H,5,8-9H2,1-3H3,(H,27,31)(H,29,30)/b28-20+. The zero-order valence-electron chi connectivity index (χ0n) is 19.6. The number of carbonyl (C=O) groups is 3. The first-order valence-electron chi connectivity index (χ1n) is 11.0. The molecule has 1 aliphatic carbocycles. The number of rotatable bonds is 6. The Morgan fingerprint density at radius 3 is 2.46 bits per heavy atom. The summed E-state index contributed by atoms with van der Waals surface area (Å²) in [5.41, 5.74) is 5.97. The Hall–Kier alpha value is -4.40. The van der Waals surface area contributed by atoms with Crippen molar-refractivity contribution in [2.45, 2.75) is 26.2 Å². The van der Waals surface area contributed by atoms with E-state index in [0.717, 1.165) is 12.0 Å². The number of aryl methyl sites for hydroxylation is 1. The van der Waals surface area contributed by atoms with Gasteiger partial charge in [-0.1, -0.05) is 6.07 Å². The Kier molecular flexibility index (Phi) is 6.96. The fourth-order valence-corrected chi connectivity index (χ4v) is 3.94. The fraction of sp³-hybridized carbons (Fsp3) is 0.231. The van der Waals surface area contributed by atoms with Gasteiger partial charge in [0.05, 0.1) is 25.5 Å². The van der Waals surface area contributed by atoms with Gasteiger partial charge < -0.3 is 19.2 Å². The lowest BCUT2D eigenvalue weighted by Gasteiger charge is -2.13. The number of ether oxygens (including phenoxy) is 2. The predicted octanol–water partition coefficient (Wildman–Crippen LogP) is 4.11. The lowest BCUT2D eigenvalue weighted by molar-refractivity contribution is 0.0600. The first-order chi connectivity index (χ1) is 16.9. The van der Waals surface area contributed by atoms with E-state index in [2.05, 4.69) is 20.6 Å². The van der Waals surface area contributed by atoms with Crippen molar-refractivity contribution in [3.63, 3.8) is 0 Å². The number of hydrazone groups is 1. The van der Waals surface area contributed by atoms with Crippen molar-refractivity contribution in [3.05, 3.63) is 82.3 Å². The minimum absolute atomic E-state index is 0.181. The van der Waals surface area contributed by atoms with Gasteiger partial charge in [-0.25, -0.2) is 10.2 Å². The number of nitrogens with one attached hydrogen (secondary N) is 2. The second kappa shape index (κ2) is 10.3. The number of furan rings is 1. The van der Waals surface area contributed by atoms with E-state index >= 15 is 0 Å². The summed E-state index contributed by atoms with van der Waals surface area (Å²) in [6.45, 7) is 1.79. The molecule has 0 bridgehead atoms. The minimum atomic E-state index is -0.456. The van der Waals surface area contributed by atoms with Gasteiger partial charge >= 0.3 is 5.97 Å². The van der Waals surface area contributed by atoms with E-state index in [-0.39, 0.29) is 11.7 Å². The summed E-state index contributed by atoms with van der Waals surface area (Å²) in [6, 6.07) is 13.2. The van der Waals surface area contributed by atoms with Crippen LogP contribution in [0.2, 0.25) is 0 Å². The highest BCUT2D eigenvalue weighted by molar-refractivity contribution is 6.09. The van der Waals surface area contributed by atoms with Crippen LogP contribution in [-0.4, -0.2) is 37.7 Å². The van der Waals surface area contributed by atoms with Gasteiger partial charge in [0.1, 0.15) is 11.5 Å². The zero-order chi connectivity index (χ0) is 24.9. The molecule has 0 saturated carbocycles. The van der Waals surface area contributed by atoms with Crippen molar-refractivity contribution < 1.29 is 28.3 Å². The first-order valence-corrected chi connectivity index (χ1v) is 11.0. The molecular formula is C26H25N3O6. The Labute approximate surface area is 202 Å². The Bertz CT molecular complexity index is 1310. The van der Waals surface area contributed by atoms with E-state index in [4.69, 9.17) is 9.15 Å². The molecule has 2 N–H and O–H groups in total. The van der Waals surface area contributed by atoms with Crippen LogP contribution in [0.1, 0.15) is 61.0 Å². The molecule has 2 amide bonds. The highest BCUT2D eigenvalue weighted by Crippen LogP contribution is 2.30. The molecule has 180 valence electrons. The van der Waals surface area contributed by atoms with Crippen molar-refractivity contribution >= 4 is 29.2 Å². The molecule has 0 unspecified atom stereocenters. The molecule has 4 rings (SSSR count). The van der Waals surface area contributed by atoms with Gasteiger partial charge in [0, 0.05) is 28.8 Å². The topological polar surface area (TPSA) is 119 Å². The van der Waals surface area contributed by atoms with Gasteiger partial charge in [0.25, 0.3) is 11.8 Å². The van der Waals surface area contributed by atoms with E-state index in [0.29, 0.717) is 52.4 Å². The average molecular weight is 476 g/mol. The van der Waals surface area contributed by atoms with Gasteiger partial charge in [0.15, 0.2) is 5.76 Å². The smallest absolute Gasteiger partial charge is 0.337 e. The van der Waals surface area contributed by atoms with Crippen LogP contribution in [0.5, 0.6) is 5.75 Å². The van der Waals surface area contributed by atoms with E-state index in [1.165, 1.54) is 14.2 Å². The number of esters is 1. The number of hydrogen-bond donors (Lipinski definition) is 2. The number of anilines is 1. The van der Waals surface area contributed by atoms with Crippen LogP contribution >= 0.6 is 0 Å². The highest BCUT2D eigenvalue weighted by atomic mass is 16.5. The van der Waals surface area contributed by atoms with Gasteiger partial charge in [-0.15, -0.1) is 0 Å². The van der Waals surface area contributed by atoms with Crippen molar-refractivity contribution in [1.29, 1.82) is 0 Å². The summed E-state index contributed by atoms with van der Waals surface area (Å²) in [5.74, 6) is 0.185. The third-order valence-corrected chi connectivity index (χ3v) is 5.72. The van der Waals surface area contributed by atoms with Crippen LogP contribution in [0.25, 0.3) is 0 Å². The average Bonchev–Trinajstić information content (AvgIpc) is 3.24. The molecule has 1 aromatic heterocycles. The van der Waals surface area contributed by atoms with Crippen LogP contribution in [0.15, 0.2) is 58.0 Å². The van der Waals surface area contributed by atoms with Gasteiger partial charge in [-0.2, -0.15) is 5.10 Å². The summed E-state index contributed by atoms with van der Waals surface area (Å²) < 4.78 is 15.8. The number of hydrogen-bond acceptors (Lipinski definition) is 7. The number of carbonyl (C=O) groups excluding carboxylic acids is 3. The summed E-state index contributed by atoms with van der Waals surface area (Å²) in [4.78, 5) is 37.1. The SMILES string of the molecule is COC(=O)c1ccc(NC(=O)c2oc3c(c2C)/C(=N/NC(=O)c2cccc(OC)c2)CCC3)cc1. The molecule has 2 aromatic carbocycles. The normalized spacial score (nSPS) is 13.6. The molecule has 9 heteroatoms. The van der Waals surface area contributed by atoms with Crippen LogP contribution in [0.4, 0.5) is 5.69 Å². The summed E-state index contributed by atoms with van der Waals surface area (Å²) in [7, 11) is 2.84. The number of methoxy groups -OCH3 is 2.